The van der Waals surface area contributed by atoms with Crippen molar-refractivity contribution in [3.63, 3.8) is 0 Å². The van der Waals surface area contributed by atoms with E-state index in [0.29, 0.717) is 25.9 Å². The van der Waals surface area contributed by atoms with Crippen LogP contribution in [0.5, 0.6) is 0 Å². The van der Waals surface area contributed by atoms with Crippen LogP contribution in [0.25, 0.3) is 0 Å². The Balaban J connectivity index is 3.49. The molecular formula is C44H83NO5. The summed E-state index contributed by atoms with van der Waals surface area (Å²) in [5.41, 5.74) is 0. The van der Waals surface area contributed by atoms with E-state index in [9.17, 15) is 19.8 Å². The van der Waals surface area contributed by atoms with Crippen molar-refractivity contribution in [1.82, 2.24) is 5.32 Å². The largest absolute Gasteiger partial charge is 0.466 e. The molecule has 0 aromatic carbocycles. The van der Waals surface area contributed by atoms with Gasteiger partial charge in [0, 0.05) is 12.8 Å². The first-order valence-corrected chi connectivity index (χ1v) is 21.6. The van der Waals surface area contributed by atoms with Gasteiger partial charge < -0.3 is 20.3 Å². The van der Waals surface area contributed by atoms with E-state index < -0.39 is 12.1 Å². The van der Waals surface area contributed by atoms with Crippen LogP contribution in [-0.4, -0.2) is 47.4 Å². The lowest BCUT2D eigenvalue weighted by Crippen LogP contribution is -2.45. The van der Waals surface area contributed by atoms with E-state index in [2.05, 4.69) is 43.5 Å². The lowest BCUT2D eigenvalue weighted by atomic mass is 10.0. The molecule has 0 spiro atoms. The second kappa shape index (κ2) is 40.1. The molecule has 2 unspecified atom stereocenters. The first-order chi connectivity index (χ1) is 24.5. The molecule has 0 aliphatic carbocycles. The summed E-state index contributed by atoms with van der Waals surface area (Å²) in [6.45, 7) is 4.81. The predicted molar refractivity (Wildman–Crippen MR) is 213 cm³/mol. The SMILES string of the molecule is CCCC/C=C\C/C=C\CCCCCCCC(=O)OCCCCCCCCCCCCC(=O)NC(CO)C(O)CCCCCCCCCCC. The Morgan fingerprint density at radius 1 is 0.560 bits per heavy atom. The highest BCUT2D eigenvalue weighted by Crippen LogP contribution is 2.15. The van der Waals surface area contributed by atoms with Gasteiger partial charge in [0.1, 0.15) is 0 Å². The van der Waals surface area contributed by atoms with Crippen molar-refractivity contribution in [3.8, 4) is 0 Å². The topological polar surface area (TPSA) is 95.9 Å². The highest BCUT2D eigenvalue weighted by atomic mass is 16.5. The number of nitrogens with one attached hydrogen (secondary N) is 1. The Bertz CT molecular complexity index is 782. The summed E-state index contributed by atoms with van der Waals surface area (Å²) < 4.78 is 5.43. The Labute approximate surface area is 310 Å². The molecule has 0 bridgehead atoms. The number of carbonyl (C=O) groups excluding carboxylic acids is 2. The second-order valence-corrected chi connectivity index (χ2v) is 14.7. The quantitative estimate of drug-likeness (QED) is 0.0336. The number of hydrogen-bond donors (Lipinski definition) is 3. The van der Waals surface area contributed by atoms with Crippen LogP contribution in [0.2, 0.25) is 0 Å². The predicted octanol–water partition coefficient (Wildman–Crippen LogP) is 12.0. The molecule has 1 amide bonds. The van der Waals surface area contributed by atoms with Crippen LogP contribution in [-0.2, 0) is 14.3 Å². The molecule has 0 aromatic rings. The number of esters is 1. The van der Waals surface area contributed by atoms with Crippen molar-refractivity contribution < 1.29 is 24.5 Å². The summed E-state index contributed by atoms with van der Waals surface area (Å²) >= 11 is 0. The normalized spacial score (nSPS) is 13.0. The van der Waals surface area contributed by atoms with Crippen LogP contribution in [0.1, 0.15) is 219 Å². The van der Waals surface area contributed by atoms with Crippen molar-refractivity contribution >= 4 is 11.9 Å². The average molecular weight is 706 g/mol. The van der Waals surface area contributed by atoms with Gasteiger partial charge in [0.25, 0.3) is 0 Å². The zero-order chi connectivity index (χ0) is 36.6. The van der Waals surface area contributed by atoms with Crippen molar-refractivity contribution in [1.29, 1.82) is 0 Å². The fourth-order valence-electron chi connectivity index (χ4n) is 6.36. The fraction of sp³-hybridized carbons (Fsp3) is 0.864. The van der Waals surface area contributed by atoms with Crippen LogP contribution >= 0.6 is 0 Å². The van der Waals surface area contributed by atoms with Crippen molar-refractivity contribution in [3.05, 3.63) is 24.3 Å². The van der Waals surface area contributed by atoms with Crippen LogP contribution in [0.4, 0.5) is 0 Å². The van der Waals surface area contributed by atoms with Crippen LogP contribution in [0.15, 0.2) is 24.3 Å². The minimum Gasteiger partial charge on any atom is -0.466 e. The Hall–Kier alpha value is -1.66. The molecule has 0 fully saturated rings. The monoisotopic (exact) mass is 706 g/mol. The average Bonchev–Trinajstić information content (AvgIpc) is 3.11. The van der Waals surface area contributed by atoms with Gasteiger partial charge in [-0.05, 0) is 51.4 Å². The molecule has 0 aliphatic heterocycles. The molecule has 2 atom stereocenters. The van der Waals surface area contributed by atoms with Gasteiger partial charge in [-0.2, -0.15) is 0 Å². The number of aliphatic hydroxyl groups is 2. The number of carbonyl (C=O) groups is 2. The summed E-state index contributed by atoms with van der Waals surface area (Å²) in [6.07, 6.45) is 44.1. The Morgan fingerprint density at radius 3 is 1.58 bits per heavy atom. The van der Waals surface area contributed by atoms with Gasteiger partial charge >= 0.3 is 5.97 Å². The maximum atomic E-state index is 12.3. The number of ether oxygens (including phenoxy) is 1. The highest BCUT2D eigenvalue weighted by molar-refractivity contribution is 5.76. The third-order valence-corrected chi connectivity index (χ3v) is 9.75. The third-order valence-electron chi connectivity index (χ3n) is 9.75. The molecule has 6 nitrogen and oxygen atoms in total. The van der Waals surface area contributed by atoms with Gasteiger partial charge in [0.15, 0.2) is 0 Å². The summed E-state index contributed by atoms with van der Waals surface area (Å²) in [4.78, 5) is 24.3. The highest BCUT2D eigenvalue weighted by Gasteiger charge is 2.20. The molecule has 0 aliphatic rings. The number of aliphatic hydroxyl groups excluding tert-OH is 2. The Kier molecular flexibility index (Phi) is 38.8. The third kappa shape index (κ3) is 36.1. The van der Waals surface area contributed by atoms with Crippen LogP contribution < -0.4 is 5.32 Å². The number of rotatable bonds is 39. The maximum Gasteiger partial charge on any atom is 0.305 e. The van der Waals surface area contributed by atoms with Crippen LogP contribution in [0, 0.1) is 0 Å². The van der Waals surface area contributed by atoms with Crippen LogP contribution in [0.3, 0.4) is 0 Å². The summed E-state index contributed by atoms with van der Waals surface area (Å²) in [5.74, 6) is -0.0975. The van der Waals surface area contributed by atoms with Crippen molar-refractivity contribution in [2.75, 3.05) is 13.2 Å². The molecule has 0 rings (SSSR count). The molecule has 0 radical (unpaired) electrons. The molecule has 294 valence electrons. The van der Waals surface area contributed by atoms with Gasteiger partial charge in [-0.15, -0.1) is 0 Å². The van der Waals surface area contributed by atoms with E-state index in [1.165, 1.54) is 116 Å². The van der Waals surface area contributed by atoms with E-state index in [1.807, 2.05) is 0 Å². The number of hydrogen-bond acceptors (Lipinski definition) is 5. The first-order valence-electron chi connectivity index (χ1n) is 21.6. The molecule has 0 saturated carbocycles. The lowest BCUT2D eigenvalue weighted by molar-refractivity contribution is -0.143. The number of allylic oxidation sites excluding steroid dienone is 4. The molecule has 3 N–H and O–H groups in total. The molecule has 6 heteroatoms. The van der Waals surface area contributed by atoms with Gasteiger partial charge in [0.2, 0.25) is 5.91 Å². The van der Waals surface area contributed by atoms with Gasteiger partial charge in [-0.25, -0.2) is 0 Å². The zero-order valence-corrected chi connectivity index (χ0v) is 33.1. The van der Waals surface area contributed by atoms with E-state index in [-0.39, 0.29) is 18.5 Å². The minimum atomic E-state index is -0.676. The summed E-state index contributed by atoms with van der Waals surface area (Å²) in [5, 5.41) is 23.0. The molecule has 0 aromatic heterocycles. The summed E-state index contributed by atoms with van der Waals surface area (Å²) in [7, 11) is 0. The molecular weight excluding hydrogens is 622 g/mol. The molecule has 0 heterocycles. The lowest BCUT2D eigenvalue weighted by Gasteiger charge is -2.22. The molecule has 50 heavy (non-hydrogen) atoms. The van der Waals surface area contributed by atoms with Crippen molar-refractivity contribution in [2.24, 2.45) is 0 Å². The molecule has 0 saturated heterocycles. The summed E-state index contributed by atoms with van der Waals surface area (Å²) in [6, 6.07) is -0.556. The van der Waals surface area contributed by atoms with E-state index in [4.69, 9.17) is 4.74 Å². The minimum absolute atomic E-state index is 0.0347. The van der Waals surface area contributed by atoms with E-state index >= 15 is 0 Å². The van der Waals surface area contributed by atoms with Gasteiger partial charge in [-0.1, -0.05) is 179 Å². The van der Waals surface area contributed by atoms with E-state index in [1.54, 1.807) is 0 Å². The number of unbranched alkanes of at least 4 members (excludes halogenated alkanes) is 24. The van der Waals surface area contributed by atoms with Gasteiger partial charge in [0.05, 0.1) is 25.4 Å². The van der Waals surface area contributed by atoms with Gasteiger partial charge in [-0.3, -0.25) is 9.59 Å². The zero-order valence-electron chi connectivity index (χ0n) is 33.1. The smallest absolute Gasteiger partial charge is 0.305 e. The standard InChI is InChI=1S/C44H83NO5/c1-3-5-7-9-11-13-14-15-16-17-22-26-30-34-38-44(49)50-39-35-31-27-23-19-18-21-25-29-33-37-43(48)45-41(40-46)42(47)36-32-28-24-20-12-10-8-6-4-2/h9,11,14-15,41-42,46-47H,3-8,10,12-13,16-40H2,1-2H3,(H,45,48)/b11-9-,15-14-. The first kappa shape index (κ1) is 48.3. The van der Waals surface area contributed by atoms with E-state index in [0.717, 1.165) is 70.6 Å². The van der Waals surface area contributed by atoms with Crippen molar-refractivity contribution in [2.45, 2.75) is 231 Å². The Morgan fingerprint density at radius 2 is 1.02 bits per heavy atom. The maximum absolute atomic E-state index is 12.3. The fourth-order valence-corrected chi connectivity index (χ4v) is 6.36. The second-order valence-electron chi connectivity index (χ2n) is 14.7. The number of amides is 1.